The Balaban J connectivity index is 1.55. The van der Waals surface area contributed by atoms with Crippen molar-refractivity contribution in [1.29, 1.82) is 0 Å². The van der Waals surface area contributed by atoms with Gasteiger partial charge in [0.15, 0.2) is 0 Å². The number of methoxy groups -OCH3 is 2. The average Bonchev–Trinajstić information content (AvgIpc) is 3.18. The van der Waals surface area contributed by atoms with E-state index in [0.717, 1.165) is 43.4 Å². The Kier molecular flexibility index (Phi) is 7.66. The van der Waals surface area contributed by atoms with Crippen molar-refractivity contribution in [2.45, 2.75) is 111 Å². The van der Waals surface area contributed by atoms with Crippen molar-refractivity contribution >= 4 is 5.78 Å². The van der Waals surface area contributed by atoms with Crippen LogP contribution in [0, 0.1) is 58.2 Å². The topological polar surface area (TPSA) is 55.8 Å². The molecule has 0 radical (unpaired) electrons. The maximum absolute atomic E-state index is 12.3. The van der Waals surface area contributed by atoms with Gasteiger partial charge in [0, 0.05) is 32.5 Å². The average molecular weight is 477 g/mol. The minimum Gasteiger partial charge on any atom is -0.343 e. The highest BCUT2D eigenvalue weighted by atomic mass is 16.8. The van der Waals surface area contributed by atoms with Crippen molar-refractivity contribution in [1.82, 2.24) is 0 Å². The van der Waals surface area contributed by atoms with Gasteiger partial charge in [-0.2, -0.15) is 0 Å². The van der Waals surface area contributed by atoms with E-state index in [-0.39, 0.29) is 17.3 Å². The molecule has 9 atom stereocenters. The lowest BCUT2D eigenvalue weighted by atomic mass is 9.42. The van der Waals surface area contributed by atoms with Gasteiger partial charge in [-0.3, -0.25) is 4.79 Å². The maximum atomic E-state index is 12.3. The van der Waals surface area contributed by atoms with Gasteiger partial charge < -0.3 is 14.6 Å². The molecule has 0 aromatic carbocycles. The molecule has 4 fully saturated rings. The zero-order chi connectivity index (χ0) is 24.9. The van der Waals surface area contributed by atoms with Gasteiger partial charge in [-0.1, -0.05) is 41.0 Å². The van der Waals surface area contributed by atoms with Crippen molar-refractivity contribution in [3.8, 4) is 0 Å². The molecule has 0 aliphatic heterocycles. The highest BCUT2D eigenvalue weighted by Crippen LogP contribution is 2.70. The Hall–Kier alpha value is -0.450. The number of Topliss-reactive ketones (excluding diaryl/α,β-unsaturated/α-hetero) is 1. The molecule has 0 spiro atoms. The molecular formula is C30H52O4. The van der Waals surface area contributed by atoms with Crippen molar-refractivity contribution in [3.63, 3.8) is 0 Å². The van der Waals surface area contributed by atoms with E-state index in [9.17, 15) is 9.90 Å². The molecule has 4 aliphatic rings. The molecule has 4 rings (SSSR count). The maximum Gasteiger partial charge on any atom is 0.283 e. The fraction of sp³-hybridized carbons (Fsp3) is 0.967. The molecule has 0 aromatic rings. The summed E-state index contributed by atoms with van der Waals surface area (Å²) in [5.41, 5.74) is 0.463. The summed E-state index contributed by atoms with van der Waals surface area (Å²) < 4.78 is 11.3. The van der Waals surface area contributed by atoms with Crippen LogP contribution in [0.4, 0.5) is 0 Å². The predicted molar refractivity (Wildman–Crippen MR) is 136 cm³/mol. The van der Waals surface area contributed by atoms with E-state index in [2.05, 4.69) is 20.8 Å². The summed E-state index contributed by atoms with van der Waals surface area (Å²) in [6, 6.07) is 0. The van der Waals surface area contributed by atoms with Crippen LogP contribution in [0.25, 0.3) is 0 Å². The van der Waals surface area contributed by atoms with E-state index in [1.165, 1.54) is 44.9 Å². The molecule has 0 saturated heterocycles. The number of aliphatic hydroxyl groups is 1. The van der Waals surface area contributed by atoms with Crippen molar-refractivity contribution in [3.05, 3.63) is 0 Å². The number of hydrogen-bond acceptors (Lipinski definition) is 4. The zero-order valence-electron chi connectivity index (χ0n) is 23.1. The third kappa shape index (κ3) is 4.12. The monoisotopic (exact) mass is 476 g/mol. The molecule has 4 nitrogen and oxygen atoms in total. The van der Waals surface area contributed by atoms with Crippen LogP contribution in [0.3, 0.4) is 0 Å². The summed E-state index contributed by atoms with van der Waals surface area (Å²) in [6.07, 6.45) is 13.1. The zero-order valence-corrected chi connectivity index (χ0v) is 23.1. The molecule has 1 unspecified atom stereocenters. The van der Waals surface area contributed by atoms with Crippen LogP contribution < -0.4 is 0 Å². The molecule has 0 heterocycles. The van der Waals surface area contributed by atoms with E-state index in [4.69, 9.17) is 9.47 Å². The third-order valence-corrected chi connectivity index (χ3v) is 12.0. The van der Waals surface area contributed by atoms with E-state index >= 15 is 0 Å². The number of carbonyl (C=O) groups is 1. The standard InChI is InChI=1S/C30H52O4/c1-19(2)26(31)16-11-20(3)23-14-15-24-22-13-12-21-9-8-10-27(30(32,33-6)34-7)29(21,5)25(22)17-18-28(23,24)4/h19-25,27,32H,8-18H2,1-7H3/t20-,21+,22+,23-,24-,25-,27?,28+,29-/m0/s1. The molecule has 34 heavy (non-hydrogen) atoms. The van der Waals surface area contributed by atoms with Gasteiger partial charge in [0.05, 0.1) is 0 Å². The minimum absolute atomic E-state index is 0.0316. The number of rotatable bonds is 8. The molecule has 4 aliphatic carbocycles. The molecule has 0 aromatic heterocycles. The summed E-state index contributed by atoms with van der Waals surface area (Å²) in [7, 11) is 3.20. The number of ketones is 1. The number of hydrogen-bond donors (Lipinski definition) is 1. The highest BCUT2D eigenvalue weighted by Gasteiger charge is 2.65. The number of carbonyl (C=O) groups excluding carboxylic acids is 1. The van der Waals surface area contributed by atoms with Crippen LogP contribution in [0.2, 0.25) is 0 Å². The second-order valence-electron chi connectivity index (χ2n) is 13.4. The molecule has 196 valence electrons. The largest absolute Gasteiger partial charge is 0.343 e. The van der Waals surface area contributed by atoms with E-state index in [0.29, 0.717) is 29.0 Å². The van der Waals surface area contributed by atoms with Crippen LogP contribution in [-0.4, -0.2) is 31.1 Å². The van der Waals surface area contributed by atoms with E-state index in [1.807, 2.05) is 13.8 Å². The van der Waals surface area contributed by atoms with Crippen LogP contribution in [0.1, 0.15) is 105 Å². The quantitative estimate of drug-likeness (QED) is 0.390. The van der Waals surface area contributed by atoms with E-state index in [1.54, 1.807) is 14.2 Å². The Labute approximate surface area is 208 Å². The van der Waals surface area contributed by atoms with Gasteiger partial charge in [0.2, 0.25) is 0 Å². The van der Waals surface area contributed by atoms with Crippen molar-refractivity contribution in [2.24, 2.45) is 58.2 Å². The Morgan fingerprint density at radius 3 is 2.32 bits per heavy atom. The van der Waals surface area contributed by atoms with Gasteiger partial charge >= 0.3 is 0 Å². The Bertz CT molecular complexity index is 729. The fourth-order valence-electron chi connectivity index (χ4n) is 10.1. The lowest BCUT2D eigenvalue weighted by Gasteiger charge is -2.64. The normalized spacial score (nSPS) is 43.2. The smallest absolute Gasteiger partial charge is 0.283 e. The second-order valence-corrected chi connectivity index (χ2v) is 13.4. The second kappa shape index (κ2) is 9.78. The molecule has 0 bridgehead atoms. The molecular weight excluding hydrogens is 424 g/mol. The third-order valence-electron chi connectivity index (χ3n) is 12.0. The molecule has 4 saturated carbocycles. The first-order valence-electron chi connectivity index (χ1n) is 14.4. The summed E-state index contributed by atoms with van der Waals surface area (Å²) in [5, 5.41) is 11.4. The first-order chi connectivity index (χ1) is 16.0. The Morgan fingerprint density at radius 1 is 0.971 bits per heavy atom. The first kappa shape index (κ1) is 26.6. The molecule has 0 amide bonds. The summed E-state index contributed by atoms with van der Waals surface area (Å²) in [6.45, 7) is 11.6. The summed E-state index contributed by atoms with van der Waals surface area (Å²) >= 11 is 0. The minimum atomic E-state index is -1.48. The van der Waals surface area contributed by atoms with Crippen LogP contribution in [0.5, 0.6) is 0 Å². The van der Waals surface area contributed by atoms with Gasteiger partial charge in [-0.25, -0.2) is 0 Å². The lowest BCUT2D eigenvalue weighted by molar-refractivity contribution is -0.396. The Morgan fingerprint density at radius 2 is 1.68 bits per heavy atom. The summed E-state index contributed by atoms with van der Waals surface area (Å²) in [4.78, 5) is 12.3. The van der Waals surface area contributed by atoms with Crippen LogP contribution in [0.15, 0.2) is 0 Å². The summed E-state index contributed by atoms with van der Waals surface area (Å²) in [5.74, 6) is 3.31. The van der Waals surface area contributed by atoms with Gasteiger partial charge in [0.25, 0.3) is 5.97 Å². The number of ether oxygens (including phenoxy) is 2. The number of fused-ring (bicyclic) bond motifs is 5. The van der Waals surface area contributed by atoms with Crippen molar-refractivity contribution < 1.29 is 19.4 Å². The molecule has 1 N–H and O–H groups in total. The first-order valence-corrected chi connectivity index (χ1v) is 14.4. The fourth-order valence-corrected chi connectivity index (χ4v) is 10.1. The van der Waals surface area contributed by atoms with Crippen molar-refractivity contribution in [2.75, 3.05) is 14.2 Å². The highest BCUT2D eigenvalue weighted by molar-refractivity contribution is 5.80. The van der Waals surface area contributed by atoms with Gasteiger partial charge in [-0.05, 0) is 104 Å². The van der Waals surface area contributed by atoms with E-state index < -0.39 is 5.97 Å². The van der Waals surface area contributed by atoms with Crippen LogP contribution >= 0.6 is 0 Å². The molecule has 4 heteroatoms. The van der Waals surface area contributed by atoms with Gasteiger partial charge in [0.1, 0.15) is 5.78 Å². The van der Waals surface area contributed by atoms with Crippen LogP contribution in [-0.2, 0) is 14.3 Å². The SMILES string of the molecule is COC(O)(OC)C1CCC[C@@H]2CC[C@@H]3[C@@H]4CC[C@@H]([C@@H](C)CCC(=O)C(C)C)[C@@]4(C)CC[C@@H]3[C@@]12C. The van der Waals surface area contributed by atoms with Gasteiger partial charge in [-0.15, -0.1) is 0 Å². The lowest BCUT2D eigenvalue weighted by Crippen LogP contribution is -2.61. The predicted octanol–water partition coefficient (Wildman–Crippen LogP) is 6.84.